The number of hydrogen-bond acceptors (Lipinski definition) is 2. The SMILES string of the molecule is Cc1cc(Cl)c2c3c(Cl)cc4c5c(cc(Cl)c(c6c(Cl)cc(C)c1c26)c53)SS4. The van der Waals surface area contributed by atoms with E-state index in [2.05, 4.69) is 26.0 Å². The van der Waals surface area contributed by atoms with Crippen molar-refractivity contribution in [2.75, 3.05) is 0 Å². The third-order valence-electron chi connectivity index (χ3n) is 5.66. The van der Waals surface area contributed by atoms with Crippen LogP contribution in [0.1, 0.15) is 11.1 Å². The molecule has 0 atom stereocenters. The van der Waals surface area contributed by atoms with Gasteiger partial charge in [0.25, 0.3) is 0 Å². The molecule has 0 amide bonds. The summed E-state index contributed by atoms with van der Waals surface area (Å²) in [6.07, 6.45) is 0. The van der Waals surface area contributed by atoms with Gasteiger partial charge in [-0.1, -0.05) is 68.0 Å². The second-order valence-corrected chi connectivity index (χ2v) is 11.1. The summed E-state index contributed by atoms with van der Waals surface area (Å²) in [6, 6.07) is 8.16. The molecule has 28 heavy (non-hydrogen) atoms. The third kappa shape index (κ3) is 2.09. The molecule has 0 N–H and O–H groups in total. The number of benzene rings is 5. The van der Waals surface area contributed by atoms with Crippen LogP contribution in [0.15, 0.2) is 34.1 Å². The predicted molar refractivity (Wildman–Crippen MR) is 129 cm³/mol. The van der Waals surface area contributed by atoms with Crippen molar-refractivity contribution in [2.45, 2.75) is 23.6 Å². The van der Waals surface area contributed by atoms with Crippen molar-refractivity contribution in [2.24, 2.45) is 0 Å². The van der Waals surface area contributed by atoms with Gasteiger partial charge < -0.3 is 0 Å². The molecule has 5 aromatic rings. The first-order chi connectivity index (χ1) is 13.4. The first-order valence-corrected chi connectivity index (χ1v) is 12.3. The van der Waals surface area contributed by atoms with Gasteiger partial charge >= 0.3 is 0 Å². The topological polar surface area (TPSA) is 0 Å². The number of aryl methyl sites for hydroxylation is 2. The number of fused-ring (bicyclic) bond motifs is 2. The minimum Gasteiger partial charge on any atom is -0.0836 e. The molecule has 6 heteroatoms. The van der Waals surface area contributed by atoms with Gasteiger partial charge in [-0.25, -0.2) is 0 Å². The molecule has 0 nitrogen and oxygen atoms in total. The van der Waals surface area contributed by atoms with E-state index in [0.29, 0.717) is 20.1 Å². The Kier molecular flexibility index (Phi) is 3.81. The lowest BCUT2D eigenvalue weighted by Gasteiger charge is -2.21. The molecule has 138 valence electrons. The summed E-state index contributed by atoms with van der Waals surface area (Å²) in [6.45, 7) is 4.16. The molecule has 0 spiro atoms. The van der Waals surface area contributed by atoms with Crippen molar-refractivity contribution in [3.63, 3.8) is 0 Å². The van der Waals surface area contributed by atoms with Crippen molar-refractivity contribution in [1.82, 2.24) is 0 Å². The van der Waals surface area contributed by atoms with E-state index in [9.17, 15) is 0 Å². The van der Waals surface area contributed by atoms with Gasteiger partial charge in [0, 0.05) is 57.5 Å². The normalized spacial score (nSPS) is 13.8. The maximum Gasteiger partial charge on any atom is 0.0503 e. The quantitative estimate of drug-likeness (QED) is 0.123. The minimum atomic E-state index is 0.690. The van der Waals surface area contributed by atoms with Gasteiger partial charge in [0.2, 0.25) is 0 Å². The van der Waals surface area contributed by atoms with Crippen LogP contribution in [0.4, 0.5) is 0 Å². The Labute approximate surface area is 189 Å². The second-order valence-electron chi connectivity index (χ2n) is 7.23. The summed E-state index contributed by atoms with van der Waals surface area (Å²) in [7, 11) is 3.43. The second kappa shape index (κ2) is 5.91. The van der Waals surface area contributed by atoms with Gasteiger partial charge in [-0.2, -0.15) is 0 Å². The molecule has 0 unspecified atom stereocenters. The standard InChI is InChI=1S/C22H10Cl4S2/c1-7-3-9(23)16-18-11(25)5-13-20-14(28-27-13)6-12(26)19(22(18)20)17-10(24)4-8(2)15(7)21(16)17/h3-6H,1-2H3. The Morgan fingerprint density at radius 2 is 0.821 bits per heavy atom. The first kappa shape index (κ1) is 18.1. The summed E-state index contributed by atoms with van der Waals surface area (Å²) in [5.74, 6) is 0. The monoisotopic (exact) mass is 478 g/mol. The van der Waals surface area contributed by atoms with Gasteiger partial charge in [-0.3, -0.25) is 0 Å². The highest BCUT2D eigenvalue weighted by Crippen LogP contribution is 2.59. The highest BCUT2D eigenvalue weighted by molar-refractivity contribution is 8.77. The van der Waals surface area contributed by atoms with Crippen molar-refractivity contribution in [1.29, 1.82) is 0 Å². The maximum atomic E-state index is 6.85. The zero-order chi connectivity index (χ0) is 19.5. The highest BCUT2D eigenvalue weighted by Gasteiger charge is 2.28. The fourth-order valence-corrected chi connectivity index (χ4v) is 8.61. The number of hydrogen-bond donors (Lipinski definition) is 0. The zero-order valence-electron chi connectivity index (χ0n) is 14.6. The van der Waals surface area contributed by atoms with Crippen LogP contribution in [-0.2, 0) is 0 Å². The van der Waals surface area contributed by atoms with Gasteiger partial charge in [0.15, 0.2) is 0 Å². The van der Waals surface area contributed by atoms with Crippen LogP contribution in [0.3, 0.4) is 0 Å². The Balaban J connectivity index is 2.15. The van der Waals surface area contributed by atoms with Gasteiger partial charge in [0.05, 0.1) is 10.0 Å². The molecular weight excluding hydrogens is 470 g/mol. The average molecular weight is 480 g/mol. The van der Waals surface area contributed by atoms with Crippen molar-refractivity contribution < 1.29 is 0 Å². The zero-order valence-corrected chi connectivity index (χ0v) is 19.3. The Morgan fingerprint density at radius 3 is 1.25 bits per heavy atom. The van der Waals surface area contributed by atoms with Crippen molar-refractivity contribution in [3.05, 3.63) is 55.5 Å². The molecular formula is C22H10Cl4S2. The van der Waals surface area contributed by atoms with Crippen molar-refractivity contribution >= 4 is 111 Å². The van der Waals surface area contributed by atoms with E-state index in [4.69, 9.17) is 46.4 Å². The molecule has 0 bridgehead atoms. The van der Waals surface area contributed by atoms with Crippen LogP contribution in [0.25, 0.3) is 43.1 Å². The molecule has 5 aromatic carbocycles. The Hall–Kier alpha value is -0.740. The van der Waals surface area contributed by atoms with E-state index in [-0.39, 0.29) is 0 Å². The van der Waals surface area contributed by atoms with Crippen LogP contribution in [-0.4, -0.2) is 0 Å². The predicted octanol–water partition coefficient (Wildman–Crippen LogP) is 10.1. The fraction of sp³-hybridized carbons (Fsp3) is 0.0909. The van der Waals surface area contributed by atoms with E-state index in [1.807, 2.05) is 12.1 Å². The molecule has 1 aliphatic heterocycles. The minimum absolute atomic E-state index is 0.690. The van der Waals surface area contributed by atoms with Crippen LogP contribution in [0.2, 0.25) is 20.1 Å². The lowest BCUT2D eigenvalue weighted by molar-refractivity contribution is 1.47. The molecule has 0 aromatic heterocycles. The van der Waals surface area contributed by atoms with E-state index in [0.717, 1.165) is 58.6 Å². The van der Waals surface area contributed by atoms with Gasteiger partial charge in [0.1, 0.15) is 0 Å². The highest BCUT2D eigenvalue weighted by atomic mass is 35.5. The average Bonchev–Trinajstić information content (AvgIpc) is 3.02. The van der Waals surface area contributed by atoms with E-state index in [1.54, 1.807) is 21.6 Å². The van der Waals surface area contributed by atoms with Crippen molar-refractivity contribution in [3.8, 4) is 0 Å². The van der Waals surface area contributed by atoms with Gasteiger partial charge in [-0.05, 0) is 54.6 Å². The first-order valence-electron chi connectivity index (χ1n) is 8.64. The van der Waals surface area contributed by atoms with Crippen LogP contribution < -0.4 is 0 Å². The molecule has 0 saturated carbocycles. The summed E-state index contributed by atoms with van der Waals surface area (Å²) >= 11 is 27.4. The Morgan fingerprint density at radius 1 is 0.464 bits per heavy atom. The van der Waals surface area contributed by atoms with Gasteiger partial charge in [-0.15, -0.1) is 0 Å². The smallest absolute Gasteiger partial charge is 0.0503 e. The third-order valence-corrected chi connectivity index (χ3v) is 9.27. The largest absolute Gasteiger partial charge is 0.0836 e. The molecule has 6 rings (SSSR count). The van der Waals surface area contributed by atoms with Crippen LogP contribution in [0.5, 0.6) is 0 Å². The Bertz CT molecular complexity index is 1390. The molecule has 0 fully saturated rings. The molecule has 0 aliphatic carbocycles. The molecule has 1 heterocycles. The molecule has 0 saturated heterocycles. The number of halogens is 4. The molecule has 0 radical (unpaired) electrons. The summed E-state index contributed by atoms with van der Waals surface area (Å²) in [4.78, 5) is 2.32. The summed E-state index contributed by atoms with van der Waals surface area (Å²) in [5.41, 5.74) is 2.24. The van der Waals surface area contributed by atoms with E-state index < -0.39 is 0 Å². The summed E-state index contributed by atoms with van der Waals surface area (Å²) < 4.78 is 0. The maximum absolute atomic E-state index is 6.85. The lowest BCUT2D eigenvalue weighted by atomic mass is 9.87. The summed E-state index contributed by atoms with van der Waals surface area (Å²) in [5, 5.41) is 11.1. The van der Waals surface area contributed by atoms with Crippen LogP contribution >= 0.6 is 68.0 Å². The lowest BCUT2D eigenvalue weighted by Crippen LogP contribution is -1.94. The number of rotatable bonds is 0. The fourth-order valence-electron chi connectivity index (χ4n) is 4.69. The molecule has 1 aliphatic rings. The van der Waals surface area contributed by atoms with Crippen LogP contribution in [0, 0.1) is 13.8 Å². The van der Waals surface area contributed by atoms with E-state index >= 15 is 0 Å². The van der Waals surface area contributed by atoms with E-state index in [1.165, 1.54) is 5.39 Å².